The zero-order valence-electron chi connectivity index (χ0n) is 16.4. The summed E-state index contributed by atoms with van der Waals surface area (Å²) in [5, 5.41) is 70.0. The van der Waals surface area contributed by atoms with E-state index in [1.807, 2.05) is 0 Å². The first-order chi connectivity index (χ1) is 15.1. The Morgan fingerprint density at radius 3 is 2.16 bits per heavy atom. The van der Waals surface area contributed by atoms with Gasteiger partial charge < -0.3 is 40.1 Å². The molecule has 1 saturated heterocycles. The van der Waals surface area contributed by atoms with Crippen LogP contribution >= 0.6 is 0 Å². The fourth-order valence-electron chi connectivity index (χ4n) is 3.25. The molecule has 0 aliphatic carbocycles. The summed E-state index contributed by atoms with van der Waals surface area (Å²) in [7, 11) is 0. The van der Waals surface area contributed by atoms with Crippen LogP contribution in [0, 0.1) is 10.1 Å². The van der Waals surface area contributed by atoms with E-state index in [0.29, 0.717) is 5.56 Å². The highest BCUT2D eigenvalue weighted by molar-refractivity contribution is 6.02. The Morgan fingerprint density at radius 1 is 1.03 bits per heavy atom. The summed E-state index contributed by atoms with van der Waals surface area (Å²) in [6.07, 6.45) is -8.01. The van der Waals surface area contributed by atoms with Crippen molar-refractivity contribution in [2.75, 3.05) is 6.61 Å². The van der Waals surface area contributed by atoms with Gasteiger partial charge in [0.15, 0.2) is 5.78 Å². The molecule has 3 rings (SSSR count). The minimum absolute atomic E-state index is 0.151. The second kappa shape index (κ2) is 9.46. The third-order valence-electron chi connectivity index (χ3n) is 4.96. The Labute approximate surface area is 180 Å². The number of carbonyl (C=O) groups excluding carboxylic acids is 1. The predicted molar refractivity (Wildman–Crippen MR) is 105 cm³/mol. The smallest absolute Gasteiger partial charge is 0.269 e. The molecule has 172 valence electrons. The number of carbonyl (C=O) groups is 1. The zero-order valence-corrected chi connectivity index (χ0v) is 16.4. The Bertz CT molecular complexity index is 969. The van der Waals surface area contributed by atoms with E-state index in [0.717, 1.165) is 12.1 Å². The molecule has 1 heterocycles. The van der Waals surface area contributed by atoms with E-state index < -0.39 is 65.1 Å². The van der Waals surface area contributed by atoms with Gasteiger partial charge in [-0.25, -0.2) is 0 Å². The van der Waals surface area contributed by atoms with Crippen molar-refractivity contribution >= 4 is 11.5 Å². The standard InChI is InChI=1S/C20H21NO11/c22-8-15-17(26)18(27)19(28)20(32-15)31-11-6-13(24)16(14(25)7-11)12(23)5-9-1-3-10(4-2-9)21(29)30/h1-4,6-7,15,17-20,22,24-28H,5,8H2. The SMILES string of the molecule is O=C(Cc1ccc([N+](=O)[O-])cc1)c1c(O)cc(OC2OC(CO)C(O)C(O)C2O)cc1O. The minimum Gasteiger partial charge on any atom is -0.507 e. The molecule has 0 amide bonds. The molecular weight excluding hydrogens is 430 g/mol. The number of rotatable bonds is 7. The van der Waals surface area contributed by atoms with Crippen LogP contribution in [0.1, 0.15) is 15.9 Å². The molecule has 32 heavy (non-hydrogen) atoms. The van der Waals surface area contributed by atoms with Crippen LogP contribution in [-0.2, 0) is 11.2 Å². The fourth-order valence-corrected chi connectivity index (χ4v) is 3.25. The summed E-state index contributed by atoms with van der Waals surface area (Å²) in [6.45, 7) is -0.669. The highest BCUT2D eigenvalue weighted by Crippen LogP contribution is 2.35. The monoisotopic (exact) mass is 451 g/mol. The largest absolute Gasteiger partial charge is 0.507 e. The summed E-state index contributed by atoms with van der Waals surface area (Å²) < 4.78 is 10.5. The van der Waals surface area contributed by atoms with E-state index in [1.165, 1.54) is 24.3 Å². The quantitative estimate of drug-likeness (QED) is 0.182. The molecule has 0 aromatic heterocycles. The minimum atomic E-state index is -1.71. The third-order valence-corrected chi connectivity index (χ3v) is 4.96. The first kappa shape index (κ1) is 23.4. The average Bonchev–Trinajstić information content (AvgIpc) is 2.74. The van der Waals surface area contributed by atoms with Crippen LogP contribution in [0.15, 0.2) is 36.4 Å². The van der Waals surface area contributed by atoms with Crippen molar-refractivity contribution in [2.24, 2.45) is 0 Å². The first-order valence-electron chi connectivity index (χ1n) is 9.42. The van der Waals surface area contributed by atoms with Crippen LogP contribution < -0.4 is 4.74 Å². The number of phenolic OH excluding ortho intramolecular Hbond substituents is 2. The highest BCUT2D eigenvalue weighted by atomic mass is 16.7. The molecule has 2 aromatic rings. The number of hydrogen-bond donors (Lipinski definition) is 6. The number of nitrogens with zero attached hydrogens (tertiary/aromatic N) is 1. The van der Waals surface area contributed by atoms with Crippen LogP contribution in [0.3, 0.4) is 0 Å². The van der Waals surface area contributed by atoms with Crippen molar-refractivity contribution in [3.8, 4) is 17.2 Å². The number of ether oxygens (including phenoxy) is 2. The summed E-state index contributed by atoms with van der Waals surface area (Å²) in [5.41, 5.74) is -0.146. The lowest BCUT2D eigenvalue weighted by atomic mass is 9.99. The Balaban J connectivity index is 1.76. The maximum absolute atomic E-state index is 12.5. The van der Waals surface area contributed by atoms with Crippen molar-refractivity contribution < 1.29 is 49.8 Å². The van der Waals surface area contributed by atoms with Gasteiger partial charge in [-0.2, -0.15) is 0 Å². The lowest BCUT2D eigenvalue weighted by molar-refractivity contribution is -0.384. The average molecular weight is 451 g/mol. The topological polar surface area (TPSA) is 200 Å². The van der Waals surface area contributed by atoms with Gasteiger partial charge in [-0.1, -0.05) is 12.1 Å². The Hall–Kier alpha value is -3.29. The van der Waals surface area contributed by atoms with Gasteiger partial charge in [-0.3, -0.25) is 14.9 Å². The summed E-state index contributed by atoms with van der Waals surface area (Å²) in [5.74, 6) is -2.18. The normalized spacial score (nSPS) is 25.3. The molecule has 12 nitrogen and oxygen atoms in total. The van der Waals surface area contributed by atoms with E-state index in [9.17, 15) is 45.5 Å². The number of ketones is 1. The molecule has 1 fully saturated rings. The van der Waals surface area contributed by atoms with Gasteiger partial charge in [0.05, 0.1) is 11.5 Å². The lowest BCUT2D eigenvalue weighted by Crippen LogP contribution is -2.60. The fraction of sp³-hybridized carbons (Fsp3) is 0.350. The molecule has 12 heteroatoms. The molecule has 0 spiro atoms. The molecule has 5 unspecified atom stereocenters. The number of nitro benzene ring substituents is 1. The van der Waals surface area contributed by atoms with Crippen LogP contribution in [0.5, 0.6) is 17.2 Å². The second-order valence-electron chi connectivity index (χ2n) is 7.18. The van der Waals surface area contributed by atoms with Crippen molar-refractivity contribution in [3.05, 3.63) is 57.6 Å². The molecule has 0 radical (unpaired) electrons. The van der Waals surface area contributed by atoms with Crippen LogP contribution in [0.4, 0.5) is 5.69 Å². The number of hydrogen-bond acceptors (Lipinski definition) is 11. The van der Waals surface area contributed by atoms with E-state index >= 15 is 0 Å². The first-order valence-corrected chi connectivity index (χ1v) is 9.42. The number of phenols is 2. The van der Waals surface area contributed by atoms with Crippen LogP contribution in [0.2, 0.25) is 0 Å². The summed E-state index contributed by atoms with van der Waals surface area (Å²) in [6, 6.07) is 7.15. The molecule has 5 atom stereocenters. The Kier molecular flexibility index (Phi) is 6.91. The number of Topliss-reactive ketones (excluding diaryl/α,β-unsaturated/α-hetero) is 1. The molecular formula is C20H21NO11. The van der Waals surface area contributed by atoms with Gasteiger partial charge in [0.1, 0.15) is 47.2 Å². The van der Waals surface area contributed by atoms with Gasteiger partial charge in [0.25, 0.3) is 5.69 Å². The number of aromatic hydroxyl groups is 2. The highest BCUT2D eigenvalue weighted by Gasteiger charge is 2.44. The second-order valence-corrected chi connectivity index (χ2v) is 7.18. The van der Waals surface area contributed by atoms with Crippen molar-refractivity contribution in [2.45, 2.75) is 37.1 Å². The van der Waals surface area contributed by atoms with Crippen molar-refractivity contribution in [1.82, 2.24) is 0 Å². The van der Waals surface area contributed by atoms with Gasteiger partial charge >= 0.3 is 0 Å². The molecule has 1 aliphatic rings. The molecule has 2 aromatic carbocycles. The van der Waals surface area contributed by atoms with E-state index in [2.05, 4.69) is 0 Å². The van der Waals surface area contributed by atoms with Gasteiger partial charge in [0, 0.05) is 30.7 Å². The van der Waals surface area contributed by atoms with Gasteiger partial charge in [-0.05, 0) is 5.56 Å². The zero-order chi connectivity index (χ0) is 23.6. The van der Waals surface area contributed by atoms with Crippen molar-refractivity contribution in [1.29, 1.82) is 0 Å². The summed E-state index contributed by atoms with van der Waals surface area (Å²) in [4.78, 5) is 22.7. The molecule has 6 N–H and O–H groups in total. The maximum atomic E-state index is 12.5. The van der Waals surface area contributed by atoms with E-state index in [4.69, 9.17) is 9.47 Å². The maximum Gasteiger partial charge on any atom is 0.269 e. The number of nitro groups is 1. The van der Waals surface area contributed by atoms with E-state index in [-0.39, 0.29) is 17.9 Å². The molecule has 1 aliphatic heterocycles. The number of non-ortho nitro benzene ring substituents is 1. The van der Waals surface area contributed by atoms with E-state index in [1.54, 1.807) is 0 Å². The Morgan fingerprint density at radius 2 is 1.62 bits per heavy atom. The lowest BCUT2D eigenvalue weighted by Gasteiger charge is -2.39. The number of aliphatic hydroxyl groups excluding tert-OH is 4. The number of benzene rings is 2. The van der Waals surface area contributed by atoms with Crippen molar-refractivity contribution in [3.63, 3.8) is 0 Å². The number of aliphatic hydroxyl groups is 4. The summed E-state index contributed by atoms with van der Waals surface area (Å²) >= 11 is 0. The van der Waals surface area contributed by atoms with Gasteiger partial charge in [0.2, 0.25) is 6.29 Å². The van der Waals surface area contributed by atoms with Crippen LogP contribution in [0.25, 0.3) is 0 Å². The predicted octanol–water partition coefficient (Wildman–Crippen LogP) is -0.390. The molecule has 0 bridgehead atoms. The third kappa shape index (κ3) is 4.79. The van der Waals surface area contributed by atoms with Gasteiger partial charge in [-0.15, -0.1) is 0 Å². The molecule has 0 saturated carbocycles. The van der Waals surface area contributed by atoms with Crippen LogP contribution in [-0.4, -0.2) is 78.7 Å².